The lowest BCUT2D eigenvalue weighted by atomic mass is 10.2. The number of aliphatic imine (C=N–C) groups is 1. The molecule has 25 heavy (non-hydrogen) atoms. The fourth-order valence-corrected chi connectivity index (χ4v) is 2.87. The molecule has 0 fully saturated rings. The molecular weight excluding hydrogens is 457 g/mol. The van der Waals surface area contributed by atoms with Crippen molar-refractivity contribution in [2.24, 2.45) is 4.99 Å². The summed E-state index contributed by atoms with van der Waals surface area (Å²) >= 11 is 8.30. The quantitative estimate of drug-likeness (QED) is 0.294. The lowest BCUT2D eigenvalue weighted by Gasteiger charge is -2.02. The van der Waals surface area contributed by atoms with Crippen LogP contribution < -0.4 is 4.74 Å². The normalized spacial score (nSPS) is 15.1. The van der Waals surface area contributed by atoms with Crippen molar-refractivity contribution in [1.29, 1.82) is 0 Å². The fraction of sp³-hybridized carbons (Fsp3) is 0.0556. The van der Waals surface area contributed by atoms with Gasteiger partial charge in [0.15, 0.2) is 5.70 Å². The molecule has 2 aromatic rings. The van der Waals surface area contributed by atoms with Crippen LogP contribution >= 0.6 is 34.2 Å². The van der Waals surface area contributed by atoms with Gasteiger partial charge in [-0.1, -0.05) is 23.7 Å². The molecule has 0 saturated heterocycles. The summed E-state index contributed by atoms with van der Waals surface area (Å²) in [7, 11) is 0. The summed E-state index contributed by atoms with van der Waals surface area (Å²) in [5.74, 6) is -0.435. The van der Waals surface area contributed by atoms with Crippen LogP contribution in [0.15, 0.2) is 53.2 Å². The summed E-state index contributed by atoms with van der Waals surface area (Å²) in [6, 6.07) is 12.1. The Morgan fingerprint density at radius 1 is 1.28 bits per heavy atom. The Morgan fingerprint density at radius 3 is 2.84 bits per heavy atom. The molecule has 0 amide bonds. The van der Waals surface area contributed by atoms with E-state index in [2.05, 4.69) is 27.6 Å². The molecule has 126 valence electrons. The molecule has 7 heteroatoms. The van der Waals surface area contributed by atoms with Crippen molar-refractivity contribution in [3.63, 3.8) is 0 Å². The molecule has 3 rings (SSSR count). The molecule has 0 N–H and O–H groups in total. The van der Waals surface area contributed by atoms with Gasteiger partial charge in [-0.15, -0.1) is 0 Å². The van der Waals surface area contributed by atoms with Crippen LogP contribution in [0.2, 0.25) is 5.02 Å². The van der Waals surface area contributed by atoms with Crippen LogP contribution in [-0.4, -0.2) is 17.8 Å². The number of hydrogen-bond acceptors (Lipinski definition) is 5. The molecule has 5 nitrogen and oxygen atoms in total. The van der Waals surface area contributed by atoms with Crippen molar-refractivity contribution >= 4 is 58.1 Å². The maximum absolute atomic E-state index is 12.1. The van der Waals surface area contributed by atoms with Gasteiger partial charge in [0.1, 0.15) is 5.75 Å². The van der Waals surface area contributed by atoms with Gasteiger partial charge in [-0.25, -0.2) is 9.79 Å². The zero-order chi connectivity index (χ0) is 18.0. The van der Waals surface area contributed by atoms with E-state index in [1.54, 1.807) is 42.5 Å². The topological polar surface area (TPSA) is 65.0 Å². The van der Waals surface area contributed by atoms with Crippen molar-refractivity contribution in [2.75, 3.05) is 0 Å². The molecule has 0 aliphatic carbocycles. The third-order valence-electron chi connectivity index (χ3n) is 3.20. The van der Waals surface area contributed by atoms with E-state index < -0.39 is 11.9 Å². The maximum Gasteiger partial charge on any atom is 0.363 e. The Morgan fingerprint density at radius 2 is 2.08 bits per heavy atom. The maximum atomic E-state index is 12.1. The van der Waals surface area contributed by atoms with Gasteiger partial charge in [-0.2, -0.15) is 0 Å². The standard InChI is InChI=1S/C18H11ClINO4/c1-10(22)24-13-4-2-3-11(7-13)8-16-18(23)25-17(21-16)14-9-12(20)5-6-15(14)19/h2-9H,1H3/b16-8-. The lowest BCUT2D eigenvalue weighted by Crippen LogP contribution is -2.06. The second-order valence-electron chi connectivity index (χ2n) is 5.13. The molecule has 0 bridgehead atoms. The average Bonchev–Trinajstić information content (AvgIpc) is 2.90. The molecule has 2 aromatic carbocycles. The number of rotatable bonds is 3. The summed E-state index contributed by atoms with van der Waals surface area (Å²) in [5, 5.41) is 0.449. The number of ether oxygens (including phenoxy) is 2. The lowest BCUT2D eigenvalue weighted by molar-refractivity contribution is -0.132. The largest absolute Gasteiger partial charge is 0.427 e. The number of esters is 2. The minimum atomic E-state index is -0.567. The second-order valence-corrected chi connectivity index (χ2v) is 6.78. The van der Waals surface area contributed by atoms with Gasteiger partial charge in [0.05, 0.1) is 10.6 Å². The first-order valence-corrected chi connectivity index (χ1v) is 8.64. The number of hydrogen-bond donors (Lipinski definition) is 0. The molecule has 0 saturated carbocycles. The zero-order valence-corrected chi connectivity index (χ0v) is 15.9. The molecule has 0 aromatic heterocycles. The van der Waals surface area contributed by atoms with Crippen molar-refractivity contribution in [2.45, 2.75) is 6.92 Å². The van der Waals surface area contributed by atoms with Crippen LogP contribution in [0.3, 0.4) is 0 Å². The molecule has 1 aliphatic heterocycles. The first kappa shape index (κ1) is 17.6. The smallest absolute Gasteiger partial charge is 0.363 e. The predicted molar refractivity (Wildman–Crippen MR) is 103 cm³/mol. The molecule has 0 radical (unpaired) electrons. The molecule has 0 unspecified atom stereocenters. The first-order chi connectivity index (χ1) is 11.9. The number of carbonyl (C=O) groups excluding carboxylic acids is 2. The van der Waals surface area contributed by atoms with Gasteiger partial charge in [0, 0.05) is 10.5 Å². The highest BCUT2D eigenvalue weighted by Crippen LogP contribution is 2.26. The van der Waals surface area contributed by atoms with E-state index in [-0.39, 0.29) is 11.6 Å². The van der Waals surface area contributed by atoms with E-state index >= 15 is 0 Å². The summed E-state index contributed by atoms with van der Waals surface area (Å²) in [6.45, 7) is 1.32. The third-order valence-corrected chi connectivity index (χ3v) is 4.20. The SMILES string of the molecule is CC(=O)Oc1cccc(/C=C2\N=C(c3cc(I)ccc3Cl)OC2=O)c1. The molecule has 1 heterocycles. The molecule has 0 spiro atoms. The Kier molecular flexibility index (Phi) is 5.19. The molecule has 0 atom stereocenters. The van der Waals surface area contributed by atoms with Crippen LogP contribution in [0.25, 0.3) is 6.08 Å². The van der Waals surface area contributed by atoms with Crippen LogP contribution in [-0.2, 0) is 14.3 Å². The van der Waals surface area contributed by atoms with Gasteiger partial charge < -0.3 is 9.47 Å². The summed E-state index contributed by atoms with van der Waals surface area (Å²) in [5.41, 5.74) is 1.35. The van der Waals surface area contributed by atoms with Gasteiger partial charge in [-0.3, -0.25) is 4.79 Å². The first-order valence-electron chi connectivity index (χ1n) is 7.19. The Bertz CT molecular complexity index is 936. The summed E-state index contributed by atoms with van der Waals surface area (Å²) < 4.78 is 11.2. The highest BCUT2D eigenvalue weighted by Gasteiger charge is 2.25. The summed E-state index contributed by atoms with van der Waals surface area (Å²) in [6.07, 6.45) is 1.56. The average molecular weight is 468 g/mol. The predicted octanol–water partition coefficient (Wildman–Crippen LogP) is 4.21. The van der Waals surface area contributed by atoms with E-state index in [4.69, 9.17) is 21.1 Å². The Balaban J connectivity index is 1.93. The minimum absolute atomic E-state index is 0.143. The van der Waals surface area contributed by atoms with Crippen molar-refractivity contribution in [3.8, 4) is 5.75 Å². The minimum Gasteiger partial charge on any atom is -0.427 e. The van der Waals surface area contributed by atoms with Gasteiger partial charge in [0.2, 0.25) is 5.90 Å². The van der Waals surface area contributed by atoms with Gasteiger partial charge in [-0.05, 0) is 64.6 Å². The molecular formula is C18H11ClINO4. The van der Waals surface area contributed by atoms with Crippen LogP contribution in [0.1, 0.15) is 18.1 Å². The number of cyclic esters (lactones) is 1. The van der Waals surface area contributed by atoms with E-state index in [1.807, 2.05) is 6.07 Å². The Hall–Kier alpha value is -2.19. The van der Waals surface area contributed by atoms with Crippen LogP contribution in [0.4, 0.5) is 0 Å². The van der Waals surface area contributed by atoms with E-state index in [9.17, 15) is 9.59 Å². The highest BCUT2D eigenvalue weighted by molar-refractivity contribution is 14.1. The van der Waals surface area contributed by atoms with E-state index in [1.165, 1.54) is 6.92 Å². The number of halogens is 2. The third kappa shape index (κ3) is 4.26. The van der Waals surface area contributed by atoms with E-state index in [0.29, 0.717) is 21.9 Å². The fourth-order valence-electron chi connectivity index (χ4n) is 2.18. The van der Waals surface area contributed by atoms with Crippen molar-refractivity contribution in [1.82, 2.24) is 0 Å². The zero-order valence-electron chi connectivity index (χ0n) is 13.0. The number of nitrogens with zero attached hydrogens (tertiary/aromatic N) is 1. The van der Waals surface area contributed by atoms with Crippen LogP contribution in [0, 0.1) is 3.57 Å². The number of carbonyl (C=O) groups is 2. The van der Waals surface area contributed by atoms with E-state index in [0.717, 1.165) is 3.57 Å². The second kappa shape index (κ2) is 7.37. The van der Waals surface area contributed by atoms with Gasteiger partial charge in [0.25, 0.3) is 0 Å². The van der Waals surface area contributed by atoms with Crippen LogP contribution in [0.5, 0.6) is 5.75 Å². The highest BCUT2D eigenvalue weighted by atomic mass is 127. The van der Waals surface area contributed by atoms with Crippen molar-refractivity contribution < 1.29 is 19.1 Å². The van der Waals surface area contributed by atoms with Crippen molar-refractivity contribution in [3.05, 3.63) is 67.9 Å². The van der Waals surface area contributed by atoms with Gasteiger partial charge >= 0.3 is 11.9 Å². The Labute approximate surface area is 162 Å². The summed E-state index contributed by atoms with van der Waals surface area (Å²) in [4.78, 5) is 27.4. The molecule has 1 aliphatic rings. The number of benzene rings is 2. The monoisotopic (exact) mass is 467 g/mol.